The smallest absolute Gasteiger partial charge is 0.00187 e. The molecule has 0 aliphatic heterocycles. The van der Waals surface area contributed by atoms with Gasteiger partial charge in [-0.2, -0.15) is 11.8 Å². The van der Waals surface area contributed by atoms with Crippen LogP contribution in [-0.2, 0) is 0 Å². The molecular formula is C11H14S. The van der Waals surface area contributed by atoms with E-state index in [-0.39, 0.29) is 0 Å². The molecule has 2 aliphatic rings. The van der Waals surface area contributed by atoms with E-state index in [0.717, 1.165) is 11.8 Å². The fourth-order valence-electron chi connectivity index (χ4n) is 2.02. The summed E-state index contributed by atoms with van der Waals surface area (Å²) in [5.74, 6) is 3.47. The van der Waals surface area contributed by atoms with Crippen molar-refractivity contribution < 1.29 is 0 Å². The van der Waals surface area contributed by atoms with Gasteiger partial charge in [-0.3, -0.25) is 0 Å². The Kier molecular flexibility index (Phi) is 2.40. The predicted molar refractivity (Wildman–Crippen MR) is 56.3 cm³/mol. The minimum absolute atomic E-state index is 0.687. The number of hydrogen-bond donors (Lipinski definition) is 0. The van der Waals surface area contributed by atoms with E-state index in [4.69, 9.17) is 0 Å². The topological polar surface area (TPSA) is 0 Å². The number of thioether (sulfide) groups is 1. The molecule has 2 aliphatic carbocycles. The van der Waals surface area contributed by atoms with Gasteiger partial charge in [-0.15, -0.1) is 0 Å². The summed E-state index contributed by atoms with van der Waals surface area (Å²) in [5, 5.41) is 0. The molecule has 0 saturated carbocycles. The second-order valence-electron chi connectivity index (χ2n) is 3.43. The van der Waals surface area contributed by atoms with E-state index in [2.05, 4.69) is 42.7 Å². The second kappa shape index (κ2) is 3.53. The van der Waals surface area contributed by atoms with Crippen LogP contribution in [0.25, 0.3) is 0 Å². The molecule has 0 nitrogen and oxygen atoms in total. The first kappa shape index (κ1) is 8.18. The Hall–Kier alpha value is -0.430. The van der Waals surface area contributed by atoms with E-state index >= 15 is 0 Å². The highest BCUT2D eigenvalue weighted by molar-refractivity contribution is 7.98. The molecule has 0 bridgehead atoms. The van der Waals surface area contributed by atoms with Gasteiger partial charge in [0, 0.05) is 5.92 Å². The van der Waals surface area contributed by atoms with Crippen LogP contribution >= 0.6 is 11.8 Å². The van der Waals surface area contributed by atoms with Crippen molar-refractivity contribution in [3.05, 3.63) is 36.5 Å². The molecule has 0 saturated heterocycles. The van der Waals surface area contributed by atoms with Gasteiger partial charge in [0.15, 0.2) is 0 Å². The SMILES string of the molecule is CSCC1C=CC2C=CC=C[C@H]21. The van der Waals surface area contributed by atoms with Crippen molar-refractivity contribution in [1.82, 2.24) is 0 Å². The first-order valence-corrected chi connectivity index (χ1v) is 5.83. The van der Waals surface area contributed by atoms with Crippen LogP contribution in [0.15, 0.2) is 36.5 Å². The fraction of sp³-hybridized carbons (Fsp3) is 0.455. The molecule has 0 N–H and O–H groups in total. The Morgan fingerprint density at radius 3 is 2.75 bits per heavy atom. The summed E-state index contributed by atoms with van der Waals surface area (Å²) in [6.07, 6.45) is 15.9. The summed E-state index contributed by atoms with van der Waals surface area (Å²) in [5.41, 5.74) is 0. The van der Waals surface area contributed by atoms with Crippen molar-refractivity contribution in [2.75, 3.05) is 12.0 Å². The Morgan fingerprint density at radius 1 is 1.08 bits per heavy atom. The maximum absolute atomic E-state index is 2.38. The summed E-state index contributed by atoms with van der Waals surface area (Å²) in [6, 6.07) is 0. The predicted octanol–water partition coefficient (Wildman–Crippen LogP) is 2.89. The molecular weight excluding hydrogens is 164 g/mol. The number of allylic oxidation sites excluding steroid dienone is 6. The van der Waals surface area contributed by atoms with Crippen LogP contribution in [0.3, 0.4) is 0 Å². The molecule has 3 atom stereocenters. The third-order valence-electron chi connectivity index (χ3n) is 2.66. The molecule has 0 heterocycles. The summed E-state index contributed by atoms with van der Waals surface area (Å²) in [4.78, 5) is 0. The van der Waals surface area contributed by atoms with Crippen molar-refractivity contribution in [1.29, 1.82) is 0 Å². The molecule has 0 aromatic carbocycles. The molecule has 64 valence electrons. The van der Waals surface area contributed by atoms with Crippen molar-refractivity contribution in [3.63, 3.8) is 0 Å². The van der Waals surface area contributed by atoms with E-state index in [1.165, 1.54) is 5.75 Å². The molecule has 0 fully saturated rings. The van der Waals surface area contributed by atoms with Crippen molar-refractivity contribution >= 4 is 11.8 Å². The monoisotopic (exact) mass is 178 g/mol. The van der Waals surface area contributed by atoms with E-state index in [1.54, 1.807) is 0 Å². The summed E-state index contributed by atoms with van der Waals surface area (Å²) in [6.45, 7) is 0. The zero-order valence-corrected chi connectivity index (χ0v) is 8.13. The van der Waals surface area contributed by atoms with Crippen LogP contribution in [0.5, 0.6) is 0 Å². The van der Waals surface area contributed by atoms with E-state index in [0.29, 0.717) is 5.92 Å². The molecule has 12 heavy (non-hydrogen) atoms. The van der Waals surface area contributed by atoms with Crippen LogP contribution in [0.2, 0.25) is 0 Å². The van der Waals surface area contributed by atoms with Crippen molar-refractivity contribution in [2.24, 2.45) is 17.8 Å². The van der Waals surface area contributed by atoms with Crippen LogP contribution in [0.4, 0.5) is 0 Å². The molecule has 0 radical (unpaired) electrons. The van der Waals surface area contributed by atoms with Gasteiger partial charge < -0.3 is 0 Å². The lowest BCUT2D eigenvalue weighted by Gasteiger charge is -2.21. The lowest BCUT2D eigenvalue weighted by Crippen LogP contribution is -2.15. The van der Waals surface area contributed by atoms with E-state index < -0.39 is 0 Å². The molecule has 0 spiro atoms. The van der Waals surface area contributed by atoms with Gasteiger partial charge >= 0.3 is 0 Å². The average Bonchev–Trinajstić information content (AvgIpc) is 2.50. The summed E-state index contributed by atoms with van der Waals surface area (Å²) < 4.78 is 0. The summed E-state index contributed by atoms with van der Waals surface area (Å²) in [7, 11) is 0. The zero-order chi connectivity index (χ0) is 8.39. The minimum atomic E-state index is 0.687. The average molecular weight is 178 g/mol. The minimum Gasteiger partial charge on any atom is -0.165 e. The molecule has 2 unspecified atom stereocenters. The van der Waals surface area contributed by atoms with Crippen LogP contribution in [-0.4, -0.2) is 12.0 Å². The number of rotatable bonds is 2. The van der Waals surface area contributed by atoms with Gasteiger partial charge in [-0.05, 0) is 23.8 Å². The van der Waals surface area contributed by atoms with Gasteiger partial charge in [-0.1, -0.05) is 36.5 Å². The number of fused-ring (bicyclic) bond motifs is 1. The lowest BCUT2D eigenvalue weighted by atomic mass is 9.86. The van der Waals surface area contributed by atoms with Gasteiger partial charge in [-0.25, -0.2) is 0 Å². The third-order valence-corrected chi connectivity index (χ3v) is 3.37. The lowest BCUT2D eigenvalue weighted by molar-refractivity contribution is 0.487. The van der Waals surface area contributed by atoms with Crippen LogP contribution in [0, 0.1) is 17.8 Å². The van der Waals surface area contributed by atoms with Gasteiger partial charge in [0.1, 0.15) is 0 Å². The Labute approximate surface area is 78.4 Å². The maximum atomic E-state index is 2.38. The molecule has 0 aromatic heterocycles. The first-order valence-electron chi connectivity index (χ1n) is 4.44. The number of hydrogen-bond acceptors (Lipinski definition) is 1. The highest BCUT2D eigenvalue weighted by atomic mass is 32.2. The Bertz CT molecular complexity index is 237. The third kappa shape index (κ3) is 1.38. The van der Waals surface area contributed by atoms with Crippen LogP contribution in [0.1, 0.15) is 0 Å². The normalized spacial score (nSPS) is 37.2. The zero-order valence-electron chi connectivity index (χ0n) is 7.31. The van der Waals surface area contributed by atoms with E-state index in [1.807, 2.05) is 11.8 Å². The maximum Gasteiger partial charge on any atom is 0.00187 e. The Balaban J connectivity index is 2.08. The standard InChI is InChI=1S/C11H14S/c1-12-8-10-7-6-9-4-2-3-5-11(9)10/h2-7,9-11H,8H2,1H3/t9?,10?,11-/m1/s1. The molecule has 0 aromatic rings. The highest BCUT2D eigenvalue weighted by Gasteiger charge is 2.28. The van der Waals surface area contributed by atoms with Gasteiger partial charge in [0.25, 0.3) is 0 Å². The summed E-state index contributed by atoms with van der Waals surface area (Å²) >= 11 is 1.95. The van der Waals surface area contributed by atoms with E-state index in [9.17, 15) is 0 Å². The second-order valence-corrected chi connectivity index (χ2v) is 4.34. The molecule has 2 rings (SSSR count). The molecule has 0 amide bonds. The largest absolute Gasteiger partial charge is 0.165 e. The van der Waals surface area contributed by atoms with Gasteiger partial charge in [0.2, 0.25) is 0 Å². The fourth-order valence-corrected chi connectivity index (χ4v) is 2.74. The quantitative estimate of drug-likeness (QED) is 0.586. The van der Waals surface area contributed by atoms with Gasteiger partial charge in [0.05, 0.1) is 0 Å². The van der Waals surface area contributed by atoms with Crippen molar-refractivity contribution in [2.45, 2.75) is 0 Å². The Morgan fingerprint density at radius 2 is 1.92 bits per heavy atom. The first-order chi connectivity index (χ1) is 5.92. The highest BCUT2D eigenvalue weighted by Crippen LogP contribution is 2.36. The van der Waals surface area contributed by atoms with Crippen LogP contribution < -0.4 is 0 Å². The molecule has 1 heteroatoms. The van der Waals surface area contributed by atoms with Crippen molar-refractivity contribution in [3.8, 4) is 0 Å².